The molecule has 14 heavy (non-hydrogen) atoms. The molecule has 0 bridgehead atoms. The van der Waals surface area contributed by atoms with E-state index in [1.54, 1.807) is 0 Å². The lowest BCUT2D eigenvalue weighted by Crippen LogP contribution is -2.46. The standard InChI is InChI=1S/C7H5ClF3NO2/c8-6(5(12)13)4(7(9,10)11)2-1-3-14-6/h1-3H,(H2,12,13). The van der Waals surface area contributed by atoms with Gasteiger partial charge in [-0.25, -0.2) is 0 Å². The summed E-state index contributed by atoms with van der Waals surface area (Å²) in [5.74, 6) is -1.41. The van der Waals surface area contributed by atoms with Crippen molar-refractivity contribution in [1.29, 1.82) is 0 Å². The molecule has 0 aromatic rings. The van der Waals surface area contributed by atoms with E-state index >= 15 is 0 Å². The van der Waals surface area contributed by atoms with Gasteiger partial charge in [-0.15, -0.1) is 0 Å². The summed E-state index contributed by atoms with van der Waals surface area (Å²) in [6, 6.07) is 0. The third-order valence-corrected chi connectivity index (χ3v) is 2.02. The summed E-state index contributed by atoms with van der Waals surface area (Å²) in [6.07, 6.45) is -2.28. The van der Waals surface area contributed by atoms with E-state index in [2.05, 4.69) is 4.74 Å². The molecule has 7 heteroatoms. The summed E-state index contributed by atoms with van der Waals surface area (Å²) in [7, 11) is 0. The first-order valence-electron chi connectivity index (χ1n) is 3.39. The quantitative estimate of drug-likeness (QED) is 0.689. The Hall–Kier alpha value is -1.17. The van der Waals surface area contributed by atoms with Crippen molar-refractivity contribution >= 4 is 17.5 Å². The van der Waals surface area contributed by atoms with E-state index in [-0.39, 0.29) is 0 Å². The number of nitrogens with two attached hydrogens (primary N) is 1. The lowest BCUT2D eigenvalue weighted by atomic mass is 10.1. The first-order valence-corrected chi connectivity index (χ1v) is 3.77. The maximum Gasteiger partial charge on any atom is 0.418 e. The zero-order valence-electron chi connectivity index (χ0n) is 6.64. The zero-order valence-corrected chi connectivity index (χ0v) is 7.39. The molecule has 1 aliphatic rings. The van der Waals surface area contributed by atoms with Crippen molar-refractivity contribution in [3.63, 3.8) is 0 Å². The number of primary amides is 1. The Morgan fingerprint density at radius 1 is 1.57 bits per heavy atom. The molecule has 78 valence electrons. The van der Waals surface area contributed by atoms with Gasteiger partial charge in [0.2, 0.25) is 0 Å². The second kappa shape index (κ2) is 3.20. The lowest BCUT2D eigenvalue weighted by Gasteiger charge is -2.28. The summed E-state index contributed by atoms with van der Waals surface area (Å²) in [4.78, 5) is 10.7. The molecule has 0 aromatic carbocycles. The van der Waals surface area contributed by atoms with E-state index in [9.17, 15) is 18.0 Å². The maximum absolute atomic E-state index is 12.3. The summed E-state index contributed by atoms with van der Waals surface area (Å²) in [5, 5.41) is -2.66. The molecule has 1 amide bonds. The Bertz CT molecular complexity index is 323. The van der Waals surface area contributed by atoms with Gasteiger partial charge in [-0.1, -0.05) is 11.6 Å². The molecule has 1 unspecified atom stereocenters. The van der Waals surface area contributed by atoms with Crippen LogP contribution < -0.4 is 5.73 Å². The molecule has 0 saturated heterocycles. The summed E-state index contributed by atoms with van der Waals surface area (Å²) in [6.45, 7) is 0. The van der Waals surface area contributed by atoms with E-state index in [4.69, 9.17) is 17.3 Å². The minimum absolute atomic E-state index is 0.640. The average Bonchev–Trinajstić information content (AvgIpc) is 2.02. The summed E-state index contributed by atoms with van der Waals surface area (Å²) in [5.41, 5.74) is 3.39. The normalized spacial score (nSPS) is 26.7. The van der Waals surface area contributed by atoms with Gasteiger partial charge < -0.3 is 10.5 Å². The van der Waals surface area contributed by atoms with Gasteiger partial charge in [-0.3, -0.25) is 4.79 Å². The zero-order chi connectivity index (χ0) is 11.0. The SMILES string of the molecule is NC(=O)C1(Cl)OC=CC=C1C(F)(F)F. The summed E-state index contributed by atoms with van der Waals surface area (Å²) < 4.78 is 41.4. The number of hydrogen-bond acceptors (Lipinski definition) is 2. The van der Waals surface area contributed by atoms with Crippen molar-refractivity contribution in [2.24, 2.45) is 5.73 Å². The molecule has 1 heterocycles. The fraction of sp³-hybridized carbons (Fsp3) is 0.286. The first kappa shape index (κ1) is 10.9. The van der Waals surface area contributed by atoms with Crippen LogP contribution in [-0.2, 0) is 9.53 Å². The van der Waals surface area contributed by atoms with Gasteiger partial charge in [0, 0.05) is 0 Å². The second-order valence-electron chi connectivity index (χ2n) is 2.48. The van der Waals surface area contributed by atoms with Gasteiger partial charge in [-0.05, 0) is 12.2 Å². The molecule has 0 aromatic heterocycles. The second-order valence-corrected chi connectivity index (χ2v) is 3.02. The molecule has 3 nitrogen and oxygen atoms in total. The largest absolute Gasteiger partial charge is 0.466 e. The van der Waals surface area contributed by atoms with Crippen molar-refractivity contribution in [2.45, 2.75) is 11.2 Å². The van der Waals surface area contributed by atoms with Crippen LogP contribution in [-0.4, -0.2) is 17.1 Å². The van der Waals surface area contributed by atoms with Crippen LogP contribution >= 0.6 is 11.6 Å². The molecule has 0 spiro atoms. The van der Waals surface area contributed by atoms with E-state index in [1.807, 2.05) is 0 Å². The van der Waals surface area contributed by atoms with Gasteiger partial charge >= 0.3 is 6.18 Å². The van der Waals surface area contributed by atoms with Crippen LogP contribution in [0.25, 0.3) is 0 Å². The number of carbonyl (C=O) groups excluding carboxylic acids is 1. The fourth-order valence-electron chi connectivity index (χ4n) is 0.907. The minimum atomic E-state index is -4.76. The topological polar surface area (TPSA) is 52.3 Å². The molecule has 0 fully saturated rings. The highest BCUT2D eigenvalue weighted by molar-refractivity contribution is 6.36. The van der Waals surface area contributed by atoms with E-state index < -0.39 is 22.7 Å². The Kier molecular flexibility index (Phi) is 2.49. The van der Waals surface area contributed by atoms with Crippen molar-refractivity contribution in [3.8, 4) is 0 Å². The minimum Gasteiger partial charge on any atom is -0.466 e. The van der Waals surface area contributed by atoms with Crippen molar-refractivity contribution in [3.05, 3.63) is 24.0 Å². The molecule has 1 atom stereocenters. The number of ether oxygens (including phenoxy) is 1. The van der Waals surface area contributed by atoms with Crippen LogP contribution in [0.2, 0.25) is 0 Å². The molecule has 0 saturated carbocycles. The number of alkyl halides is 4. The predicted molar refractivity (Wildman–Crippen MR) is 42.1 cm³/mol. The Balaban J connectivity index is 3.17. The fourth-order valence-corrected chi connectivity index (χ4v) is 1.13. The maximum atomic E-state index is 12.3. The molecular weight excluding hydrogens is 223 g/mol. The predicted octanol–water partition coefficient (Wildman–Crippen LogP) is 1.44. The van der Waals surface area contributed by atoms with Crippen molar-refractivity contribution < 1.29 is 22.7 Å². The smallest absolute Gasteiger partial charge is 0.418 e. The van der Waals surface area contributed by atoms with Gasteiger partial charge in [0.1, 0.15) is 5.57 Å². The van der Waals surface area contributed by atoms with Gasteiger partial charge in [-0.2, -0.15) is 13.2 Å². The number of rotatable bonds is 1. The monoisotopic (exact) mass is 227 g/mol. The lowest BCUT2D eigenvalue weighted by molar-refractivity contribution is -0.139. The van der Waals surface area contributed by atoms with Crippen LogP contribution in [0.3, 0.4) is 0 Å². The average molecular weight is 228 g/mol. The molecule has 1 aliphatic heterocycles. The van der Waals surface area contributed by atoms with Crippen LogP contribution in [0.5, 0.6) is 0 Å². The van der Waals surface area contributed by atoms with Crippen LogP contribution in [0.15, 0.2) is 24.0 Å². The van der Waals surface area contributed by atoms with Gasteiger partial charge in [0.15, 0.2) is 0 Å². The Labute approximate surface area is 82.0 Å². The van der Waals surface area contributed by atoms with Crippen LogP contribution in [0.1, 0.15) is 0 Å². The molecular formula is C7H5ClF3NO2. The highest BCUT2D eigenvalue weighted by atomic mass is 35.5. The highest BCUT2D eigenvalue weighted by Gasteiger charge is 2.53. The van der Waals surface area contributed by atoms with E-state index in [0.29, 0.717) is 6.08 Å². The van der Waals surface area contributed by atoms with E-state index in [0.717, 1.165) is 12.3 Å². The van der Waals surface area contributed by atoms with Crippen LogP contribution in [0, 0.1) is 0 Å². The number of hydrogen-bond donors (Lipinski definition) is 1. The molecule has 1 rings (SSSR count). The molecule has 0 aliphatic carbocycles. The molecule has 2 N–H and O–H groups in total. The van der Waals surface area contributed by atoms with Gasteiger partial charge in [0.25, 0.3) is 11.0 Å². The third-order valence-electron chi connectivity index (χ3n) is 1.54. The van der Waals surface area contributed by atoms with Crippen LogP contribution in [0.4, 0.5) is 13.2 Å². The molecule has 0 radical (unpaired) electrons. The van der Waals surface area contributed by atoms with Crippen molar-refractivity contribution in [1.82, 2.24) is 0 Å². The number of allylic oxidation sites excluding steroid dienone is 2. The Morgan fingerprint density at radius 2 is 2.14 bits per heavy atom. The third kappa shape index (κ3) is 1.70. The number of carbonyl (C=O) groups is 1. The first-order chi connectivity index (χ1) is 6.28. The number of halogens is 4. The highest BCUT2D eigenvalue weighted by Crippen LogP contribution is 2.40. The summed E-state index contributed by atoms with van der Waals surface area (Å²) >= 11 is 5.32. The Morgan fingerprint density at radius 3 is 2.50 bits per heavy atom. The van der Waals surface area contributed by atoms with Crippen molar-refractivity contribution in [2.75, 3.05) is 0 Å². The number of amides is 1. The van der Waals surface area contributed by atoms with E-state index in [1.165, 1.54) is 0 Å². The van der Waals surface area contributed by atoms with Gasteiger partial charge in [0.05, 0.1) is 6.26 Å².